The Morgan fingerprint density at radius 2 is 0.860 bits per heavy atom. The molecular formula is C39H75NO3. The number of carboxylic acids is 1. The van der Waals surface area contributed by atoms with Gasteiger partial charge in [-0.05, 0) is 70.6 Å². The third-order valence-electron chi connectivity index (χ3n) is 8.54. The molecule has 0 aliphatic heterocycles. The molecule has 0 saturated carbocycles. The van der Waals surface area contributed by atoms with Crippen LogP contribution in [0.15, 0.2) is 24.3 Å². The van der Waals surface area contributed by atoms with Gasteiger partial charge in [-0.2, -0.15) is 0 Å². The lowest BCUT2D eigenvalue weighted by atomic mass is 9.98. The van der Waals surface area contributed by atoms with Crippen molar-refractivity contribution in [1.29, 1.82) is 0 Å². The van der Waals surface area contributed by atoms with E-state index in [9.17, 15) is 9.59 Å². The summed E-state index contributed by atoms with van der Waals surface area (Å²) in [4.78, 5) is 21.8. The highest BCUT2D eigenvalue weighted by atomic mass is 16.4. The second-order valence-electron chi connectivity index (χ2n) is 12.8. The molecular weight excluding hydrogens is 530 g/mol. The summed E-state index contributed by atoms with van der Waals surface area (Å²) < 4.78 is 0. The lowest BCUT2D eigenvalue weighted by Crippen LogP contribution is -2.20. The first-order valence-corrected chi connectivity index (χ1v) is 18.7. The molecule has 43 heavy (non-hydrogen) atoms. The van der Waals surface area contributed by atoms with Crippen LogP contribution in [0.4, 0.5) is 0 Å². The van der Waals surface area contributed by atoms with E-state index >= 15 is 0 Å². The van der Waals surface area contributed by atoms with Crippen molar-refractivity contribution in [3.63, 3.8) is 0 Å². The van der Waals surface area contributed by atoms with Crippen LogP contribution < -0.4 is 5.73 Å². The van der Waals surface area contributed by atoms with Gasteiger partial charge in [0, 0.05) is 5.92 Å². The van der Waals surface area contributed by atoms with Gasteiger partial charge in [-0.3, -0.25) is 9.59 Å². The van der Waals surface area contributed by atoms with E-state index in [0.29, 0.717) is 0 Å². The SMILES string of the molecule is CCCCCCCCC=CCCCCCCC(C)C(N)=O.CCCCCCCCC=CCCCCCCC(CC)C(=O)O. The molecule has 0 aromatic heterocycles. The summed E-state index contributed by atoms with van der Waals surface area (Å²) in [6.45, 7) is 8.42. The van der Waals surface area contributed by atoms with Gasteiger partial charge in [-0.1, -0.05) is 155 Å². The quantitative estimate of drug-likeness (QED) is 0.0609. The van der Waals surface area contributed by atoms with Crippen LogP contribution in [0, 0.1) is 11.8 Å². The van der Waals surface area contributed by atoms with Gasteiger partial charge in [0.15, 0.2) is 0 Å². The number of carboxylic acid groups (broad SMARTS) is 1. The average Bonchev–Trinajstić information content (AvgIpc) is 2.99. The van der Waals surface area contributed by atoms with Gasteiger partial charge in [0.1, 0.15) is 0 Å². The first kappa shape index (κ1) is 43.5. The van der Waals surface area contributed by atoms with Gasteiger partial charge < -0.3 is 10.8 Å². The predicted octanol–water partition coefficient (Wildman–Crippen LogP) is 12.5. The third-order valence-corrected chi connectivity index (χ3v) is 8.54. The zero-order valence-electron chi connectivity index (χ0n) is 29.4. The van der Waals surface area contributed by atoms with Crippen LogP contribution in [-0.4, -0.2) is 17.0 Å². The molecule has 4 heteroatoms. The molecule has 0 fully saturated rings. The topological polar surface area (TPSA) is 80.4 Å². The van der Waals surface area contributed by atoms with Crippen LogP contribution in [0.25, 0.3) is 0 Å². The van der Waals surface area contributed by atoms with E-state index in [4.69, 9.17) is 10.8 Å². The highest BCUT2D eigenvalue weighted by molar-refractivity contribution is 5.76. The standard InChI is InChI=1S/C20H38O2.C19H37NO/c1-3-5-6-7-8-9-10-11-12-13-14-15-16-17-18-19(4-2)20(21)22;1-3-4-5-6-7-8-9-10-11-12-13-14-15-16-17-18(2)19(20)21/h11-12,19H,3-10,13-18H2,1-2H3,(H,21,22);10-11,18H,3-9,12-17H2,1-2H3,(H2,20,21). The Morgan fingerprint density at radius 3 is 1.19 bits per heavy atom. The molecule has 0 saturated heterocycles. The van der Waals surface area contributed by atoms with Crippen LogP contribution >= 0.6 is 0 Å². The fourth-order valence-corrected chi connectivity index (χ4v) is 5.27. The number of unbranched alkanes of at least 4 members (excludes halogenated alkanes) is 20. The van der Waals surface area contributed by atoms with Gasteiger partial charge in [-0.25, -0.2) is 0 Å². The van der Waals surface area contributed by atoms with Crippen molar-refractivity contribution in [1.82, 2.24) is 0 Å². The van der Waals surface area contributed by atoms with Crippen molar-refractivity contribution in [2.45, 2.75) is 201 Å². The van der Waals surface area contributed by atoms with E-state index in [1.54, 1.807) is 0 Å². The van der Waals surface area contributed by atoms with Gasteiger partial charge in [0.2, 0.25) is 5.91 Å². The molecule has 0 aliphatic carbocycles. The third kappa shape index (κ3) is 36.5. The zero-order valence-corrected chi connectivity index (χ0v) is 29.4. The minimum Gasteiger partial charge on any atom is -0.481 e. The van der Waals surface area contributed by atoms with E-state index in [0.717, 1.165) is 32.1 Å². The molecule has 0 bridgehead atoms. The van der Waals surface area contributed by atoms with Gasteiger partial charge >= 0.3 is 5.97 Å². The minimum absolute atomic E-state index is 0.0437. The highest BCUT2D eigenvalue weighted by Crippen LogP contribution is 2.15. The maximum absolute atomic E-state index is 10.9. The summed E-state index contributed by atoms with van der Waals surface area (Å²) in [6.07, 6.45) is 43.0. The molecule has 1 amide bonds. The lowest BCUT2D eigenvalue weighted by molar-refractivity contribution is -0.142. The number of primary amides is 1. The van der Waals surface area contributed by atoms with Crippen molar-refractivity contribution < 1.29 is 14.7 Å². The Labute approximate surface area is 269 Å². The Balaban J connectivity index is 0. The van der Waals surface area contributed by atoms with E-state index in [1.807, 2.05) is 13.8 Å². The Hall–Kier alpha value is -1.58. The number of rotatable bonds is 31. The summed E-state index contributed by atoms with van der Waals surface area (Å²) in [5.74, 6) is -0.868. The summed E-state index contributed by atoms with van der Waals surface area (Å²) >= 11 is 0. The number of amides is 1. The maximum atomic E-state index is 10.9. The summed E-state index contributed by atoms with van der Waals surface area (Å²) in [5, 5.41) is 8.97. The zero-order chi connectivity index (χ0) is 32.2. The molecule has 254 valence electrons. The smallest absolute Gasteiger partial charge is 0.306 e. The van der Waals surface area contributed by atoms with E-state index in [2.05, 4.69) is 38.2 Å². The summed E-state index contributed by atoms with van der Waals surface area (Å²) in [6, 6.07) is 0. The molecule has 0 aromatic carbocycles. The van der Waals surface area contributed by atoms with Crippen molar-refractivity contribution in [2.75, 3.05) is 0 Å². The van der Waals surface area contributed by atoms with Gasteiger partial charge in [0.25, 0.3) is 0 Å². The Morgan fingerprint density at radius 1 is 0.535 bits per heavy atom. The number of nitrogens with two attached hydrogens (primary N) is 1. The second kappa shape index (κ2) is 36.6. The van der Waals surface area contributed by atoms with Crippen LogP contribution in [0.5, 0.6) is 0 Å². The number of carbonyl (C=O) groups excluding carboxylic acids is 1. The van der Waals surface area contributed by atoms with Crippen molar-refractivity contribution in [2.24, 2.45) is 17.6 Å². The second-order valence-corrected chi connectivity index (χ2v) is 12.8. The Kier molecular flexibility index (Phi) is 37.1. The molecule has 2 unspecified atom stereocenters. The molecule has 0 radical (unpaired) electrons. The number of hydrogen-bond acceptors (Lipinski definition) is 2. The van der Waals surface area contributed by atoms with Crippen molar-refractivity contribution in [3.8, 4) is 0 Å². The average molecular weight is 606 g/mol. The fraction of sp³-hybridized carbons (Fsp3) is 0.846. The number of allylic oxidation sites excluding steroid dienone is 4. The molecule has 0 rings (SSSR count). The van der Waals surface area contributed by atoms with Crippen molar-refractivity contribution >= 4 is 11.9 Å². The number of carbonyl (C=O) groups is 2. The molecule has 4 nitrogen and oxygen atoms in total. The van der Waals surface area contributed by atoms with E-state index in [1.165, 1.54) is 141 Å². The first-order valence-electron chi connectivity index (χ1n) is 18.7. The van der Waals surface area contributed by atoms with E-state index in [-0.39, 0.29) is 17.7 Å². The summed E-state index contributed by atoms with van der Waals surface area (Å²) in [5.41, 5.74) is 5.24. The molecule has 0 aromatic rings. The van der Waals surface area contributed by atoms with E-state index < -0.39 is 5.97 Å². The van der Waals surface area contributed by atoms with Crippen LogP contribution in [0.3, 0.4) is 0 Å². The van der Waals surface area contributed by atoms with Crippen LogP contribution in [0.1, 0.15) is 201 Å². The minimum atomic E-state index is -0.625. The fourth-order valence-electron chi connectivity index (χ4n) is 5.27. The normalized spacial score (nSPS) is 12.8. The molecule has 0 heterocycles. The van der Waals surface area contributed by atoms with Crippen LogP contribution in [0.2, 0.25) is 0 Å². The predicted molar refractivity (Wildman–Crippen MR) is 189 cm³/mol. The molecule has 0 aliphatic rings. The molecule has 0 spiro atoms. The van der Waals surface area contributed by atoms with Gasteiger partial charge in [-0.15, -0.1) is 0 Å². The highest BCUT2D eigenvalue weighted by Gasteiger charge is 2.13. The van der Waals surface area contributed by atoms with Crippen molar-refractivity contribution in [3.05, 3.63) is 24.3 Å². The number of aliphatic carboxylic acids is 1. The molecule has 2 atom stereocenters. The maximum Gasteiger partial charge on any atom is 0.306 e. The van der Waals surface area contributed by atoms with Crippen LogP contribution in [-0.2, 0) is 9.59 Å². The molecule has 3 N–H and O–H groups in total. The Bertz CT molecular complexity index is 642. The largest absolute Gasteiger partial charge is 0.481 e. The monoisotopic (exact) mass is 606 g/mol. The van der Waals surface area contributed by atoms with Gasteiger partial charge in [0.05, 0.1) is 5.92 Å². The lowest BCUT2D eigenvalue weighted by Gasteiger charge is -2.08. The number of hydrogen-bond donors (Lipinski definition) is 2. The summed E-state index contributed by atoms with van der Waals surface area (Å²) in [7, 11) is 0. The first-order chi connectivity index (χ1) is 20.9.